The SMILES string of the molecule is COc1ccc(CCC[N+]2(CCCc3ccc(OC)cc3)CCCC(NC(=O)OC(C)(C)C)C2)cc1. The molecule has 1 fully saturated rings. The van der Waals surface area contributed by atoms with Gasteiger partial charge in [-0.3, -0.25) is 0 Å². The second-order valence-corrected chi connectivity index (χ2v) is 11.1. The maximum absolute atomic E-state index is 12.5. The molecule has 2 aromatic rings. The predicted molar refractivity (Wildman–Crippen MR) is 145 cm³/mol. The number of ether oxygens (including phenoxy) is 3. The molecule has 0 aliphatic carbocycles. The van der Waals surface area contributed by atoms with Crippen LogP contribution in [0.3, 0.4) is 0 Å². The van der Waals surface area contributed by atoms with Gasteiger partial charge in [0.25, 0.3) is 0 Å². The molecule has 6 nitrogen and oxygen atoms in total. The lowest BCUT2D eigenvalue weighted by molar-refractivity contribution is -0.933. The van der Waals surface area contributed by atoms with Gasteiger partial charge in [-0.15, -0.1) is 0 Å². The van der Waals surface area contributed by atoms with Crippen molar-refractivity contribution >= 4 is 6.09 Å². The third kappa shape index (κ3) is 9.05. The summed E-state index contributed by atoms with van der Waals surface area (Å²) >= 11 is 0. The summed E-state index contributed by atoms with van der Waals surface area (Å²) in [6.45, 7) is 10.1. The number of amides is 1. The Labute approximate surface area is 217 Å². The van der Waals surface area contributed by atoms with Gasteiger partial charge in [-0.25, -0.2) is 4.79 Å². The van der Waals surface area contributed by atoms with Crippen molar-refractivity contribution in [3.63, 3.8) is 0 Å². The number of methoxy groups -OCH3 is 2. The molecule has 1 unspecified atom stereocenters. The molecule has 1 saturated heterocycles. The number of rotatable bonds is 11. The molecule has 6 heteroatoms. The average molecular weight is 498 g/mol. The Morgan fingerprint density at radius 3 is 1.83 bits per heavy atom. The van der Waals surface area contributed by atoms with Gasteiger partial charge in [0, 0.05) is 12.8 Å². The molecule has 1 aliphatic rings. The van der Waals surface area contributed by atoms with Crippen LogP contribution in [0.25, 0.3) is 0 Å². The molecule has 0 saturated carbocycles. The third-order valence-corrected chi connectivity index (χ3v) is 7.03. The number of quaternary nitrogens is 1. The molecule has 1 heterocycles. The summed E-state index contributed by atoms with van der Waals surface area (Å²) in [5, 5.41) is 3.17. The Kier molecular flexibility index (Phi) is 10.1. The molecule has 1 N–H and O–H groups in total. The highest BCUT2D eigenvalue weighted by molar-refractivity contribution is 5.68. The number of alkyl carbamates (subject to hydrolysis) is 1. The molecule has 3 rings (SSSR count). The molecule has 1 aliphatic heterocycles. The number of piperidine rings is 1. The van der Waals surface area contributed by atoms with Crippen molar-refractivity contribution < 1.29 is 23.5 Å². The smallest absolute Gasteiger partial charge is 0.408 e. The predicted octanol–water partition coefficient (Wildman–Crippen LogP) is 5.77. The van der Waals surface area contributed by atoms with Crippen LogP contribution in [0, 0.1) is 0 Å². The van der Waals surface area contributed by atoms with Gasteiger partial charge in [0.15, 0.2) is 0 Å². The number of hydrogen-bond acceptors (Lipinski definition) is 4. The topological polar surface area (TPSA) is 56.8 Å². The zero-order chi connectivity index (χ0) is 26.0. The van der Waals surface area contributed by atoms with Crippen LogP contribution in [0.4, 0.5) is 4.79 Å². The Balaban J connectivity index is 1.62. The molecule has 0 spiro atoms. The minimum Gasteiger partial charge on any atom is -0.497 e. The molecule has 1 amide bonds. The third-order valence-electron chi connectivity index (χ3n) is 7.03. The lowest BCUT2D eigenvalue weighted by Crippen LogP contribution is -2.60. The van der Waals surface area contributed by atoms with Gasteiger partial charge in [0.05, 0.1) is 46.4 Å². The summed E-state index contributed by atoms with van der Waals surface area (Å²) < 4.78 is 17.2. The summed E-state index contributed by atoms with van der Waals surface area (Å²) in [7, 11) is 3.40. The summed E-state index contributed by atoms with van der Waals surface area (Å²) in [5.74, 6) is 1.79. The molecule has 1 atom stereocenters. The normalized spacial score (nSPS) is 17.3. The van der Waals surface area contributed by atoms with Crippen molar-refractivity contribution in [3.8, 4) is 11.5 Å². The number of carbonyl (C=O) groups excluding carboxylic acids is 1. The van der Waals surface area contributed by atoms with E-state index < -0.39 is 5.60 Å². The minimum absolute atomic E-state index is 0.149. The monoisotopic (exact) mass is 497 g/mol. The molecular formula is C30H45N2O4+. The molecule has 2 aromatic carbocycles. The standard InChI is InChI=1S/C30H44N2O4/c1-30(2,3)36-29(33)31-26-11-8-22-32(23-26,20-6-9-24-12-16-27(34-4)17-13-24)21-7-10-25-14-18-28(35-5)19-15-25/h12-19,26H,6-11,20-23H2,1-5H3/p+1. The van der Waals surface area contributed by atoms with E-state index in [-0.39, 0.29) is 12.1 Å². The van der Waals surface area contributed by atoms with Gasteiger partial charge in [-0.05, 0) is 81.8 Å². The van der Waals surface area contributed by atoms with Crippen LogP contribution in [0.5, 0.6) is 11.5 Å². The Morgan fingerprint density at radius 1 is 0.889 bits per heavy atom. The van der Waals surface area contributed by atoms with E-state index in [0.717, 1.165) is 80.7 Å². The van der Waals surface area contributed by atoms with Crippen LogP contribution in [0.15, 0.2) is 48.5 Å². The molecular weight excluding hydrogens is 452 g/mol. The van der Waals surface area contributed by atoms with E-state index in [9.17, 15) is 4.79 Å². The van der Waals surface area contributed by atoms with Gasteiger partial charge in [-0.1, -0.05) is 24.3 Å². The quantitative estimate of drug-likeness (QED) is 0.400. The maximum Gasteiger partial charge on any atom is 0.408 e. The Morgan fingerprint density at radius 2 is 1.39 bits per heavy atom. The maximum atomic E-state index is 12.5. The summed E-state index contributed by atoms with van der Waals surface area (Å²) in [5.41, 5.74) is 2.20. The number of benzene rings is 2. The second-order valence-electron chi connectivity index (χ2n) is 11.1. The van der Waals surface area contributed by atoms with Crippen molar-refractivity contribution in [3.05, 3.63) is 59.7 Å². The van der Waals surface area contributed by atoms with Crippen LogP contribution in [0.2, 0.25) is 0 Å². The summed E-state index contributed by atoms with van der Waals surface area (Å²) in [4.78, 5) is 12.5. The first-order valence-electron chi connectivity index (χ1n) is 13.3. The molecule has 0 radical (unpaired) electrons. The van der Waals surface area contributed by atoms with E-state index >= 15 is 0 Å². The van der Waals surface area contributed by atoms with Crippen LogP contribution in [0.1, 0.15) is 57.6 Å². The van der Waals surface area contributed by atoms with E-state index in [2.05, 4.69) is 29.6 Å². The Hall–Kier alpha value is -2.73. The zero-order valence-electron chi connectivity index (χ0n) is 22.8. The van der Waals surface area contributed by atoms with E-state index in [1.807, 2.05) is 45.0 Å². The fourth-order valence-corrected chi connectivity index (χ4v) is 5.25. The van der Waals surface area contributed by atoms with Gasteiger partial charge in [0.2, 0.25) is 0 Å². The van der Waals surface area contributed by atoms with Crippen molar-refractivity contribution in [2.75, 3.05) is 40.4 Å². The second kappa shape index (κ2) is 13.0. The number of nitrogens with zero attached hydrogens (tertiary/aromatic N) is 1. The highest BCUT2D eigenvalue weighted by atomic mass is 16.6. The summed E-state index contributed by atoms with van der Waals surface area (Å²) in [6, 6.07) is 17.0. The largest absolute Gasteiger partial charge is 0.497 e. The first kappa shape index (κ1) is 27.9. The number of aryl methyl sites for hydroxylation is 2. The zero-order valence-corrected chi connectivity index (χ0v) is 22.8. The Bertz CT molecular complexity index is 881. The van der Waals surface area contributed by atoms with Crippen LogP contribution >= 0.6 is 0 Å². The number of nitrogens with one attached hydrogen (secondary N) is 1. The van der Waals surface area contributed by atoms with Crippen molar-refractivity contribution in [2.45, 2.75) is 70.9 Å². The highest BCUT2D eigenvalue weighted by Crippen LogP contribution is 2.24. The van der Waals surface area contributed by atoms with E-state index in [0.29, 0.717) is 0 Å². The van der Waals surface area contributed by atoms with Crippen LogP contribution in [-0.4, -0.2) is 62.6 Å². The lowest BCUT2D eigenvalue weighted by Gasteiger charge is -2.45. The van der Waals surface area contributed by atoms with Crippen LogP contribution in [-0.2, 0) is 17.6 Å². The first-order chi connectivity index (χ1) is 17.2. The molecule has 0 aromatic heterocycles. The number of likely N-dealkylation sites (tertiary alicyclic amines) is 1. The van der Waals surface area contributed by atoms with E-state index in [1.54, 1.807) is 14.2 Å². The van der Waals surface area contributed by atoms with Gasteiger partial charge in [0.1, 0.15) is 17.1 Å². The fourth-order valence-electron chi connectivity index (χ4n) is 5.25. The minimum atomic E-state index is -0.485. The number of carbonyl (C=O) groups is 1. The van der Waals surface area contributed by atoms with Crippen LogP contribution < -0.4 is 14.8 Å². The van der Waals surface area contributed by atoms with Crippen molar-refractivity contribution in [1.29, 1.82) is 0 Å². The summed E-state index contributed by atoms with van der Waals surface area (Å²) in [6.07, 6.45) is 6.16. The van der Waals surface area contributed by atoms with Crippen molar-refractivity contribution in [1.82, 2.24) is 5.32 Å². The van der Waals surface area contributed by atoms with Gasteiger partial charge >= 0.3 is 6.09 Å². The average Bonchev–Trinajstić information content (AvgIpc) is 2.84. The fraction of sp³-hybridized carbons (Fsp3) is 0.567. The van der Waals surface area contributed by atoms with Gasteiger partial charge in [-0.2, -0.15) is 0 Å². The number of hydrogen-bond donors (Lipinski definition) is 1. The van der Waals surface area contributed by atoms with E-state index in [1.165, 1.54) is 11.1 Å². The first-order valence-corrected chi connectivity index (χ1v) is 13.3. The van der Waals surface area contributed by atoms with Crippen molar-refractivity contribution in [2.24, 2.45) is 0 Å². The molecule has 0 bridgehead atoms. The molecule has 36 heavy (non-hydrogen) atoms. The lowest BCUT2D eigenvalue weighted by atomic mass is 9.99. The van der Waals surface area contributed by atoms with E-state index in [4.69, 9.17) is 14.2 Å². The van der Waals surface area contributed by atoms with Gasteiger partial charge < -0.3 is 24.0 Å². The highest BCUT2D eigenvalue weighted by Gasteiger charge is 2.35. The molecule has 198 valence electrons.